The van der Waals surface area contributed by atoms with Gasteiger partial charge in [0.2, 0.25) is 0 Å². The Hall–Kier alpha value is -2.87. The van der Waals surface area contributed by atoms with E-state index in [2.05, 4.69) is 0 Å². The summed E-state index contributed by atoms with van der Waals surface area (Å²) in [5, 5.41) is 19.4. The lowest BCUT2D eigenvalue weighted by Crippen LogP contribution is -2.21. The van der Waals surface area contributed by atoms with Crippen molar-refractivity contribution in [2.75, 3.05) is 7.11 Å². The Bertz CT molecular complexity index is 707. The molecule has 112 valence electrons. The number of para-hydroxylation sites is 1. The van der Waals surface area contributed by atoms with Crippen LogP contribution < -0.4 is 0 Å². The fourth-order valence-electron chi connectivity index (χ4n) is 2.34. The summed E-state index contributed by atoms with van der Waals surface area (Å²) >= 11 is 0. The normalized spacial score (nSPS) is 13.0. The number of nitriles is 1. The molecule has 4 nitrogen and oxygen atoms in total. The second-order valence-corrected chi connectivity index (χ2v) is 4.72. The summed E-state index contributed by atoms with van der Waals surface area (Å²) < 4.78 is 17.9. The second-order valence-electron chi connectivity index (χ2n) is 4.72. The number of aromatic hydroxyl groups is 1. The van der Waals surface area contributed by atoms with Gasteiger partial charge in [-0.05, 0) is 23.8 Å². The number of rotatable bonds is 4. The lowest BCUT2D eigenvalue weighted by molar-refractivity contribution is -0.142. The first-order valence-electron chi connectivity index (χ1n) is 6.59. The van der Waals surface area contributed by atoms with Gasteiger partial charge in [0.05, 0.1) is 19.1 Å². The summed E-state index contributed by atoms with van der Waals surface area (Å²) in [4.78, 5) is 12.1. The van der Waals surface area contributed by atoms with Crippen LogP contribution in [0.25, 0.3) is 0 Å². The molecule has 2 aromatic carbocycles. The number of methoxy groups -OCH3 is 1. The van der Waals surface area contributed by atoms with Crippen molar-refractivity contribution in [2.24, 2.45) is 0 Å². The Kier molecular flexibility index (Phi) is 4.74. The molecule has 2 rings (SSSR count). The van der Waals surface area contributed by atoms with Crippen molar-refractivity contribution in [3.63, 3.8) is 0 Å². The van der Waals surface area contributed by atoms with Gasteiger partial charge in [0.1, 0.15) is 17.5 Å². The molecule has 2 atom stereocenters. The molecule has 0 amide bonds. The zero-order chi connectivity index (χ0) is 16.1. The predicted molar refractivity (Wildman–Crippen MR) is 77.6 cm³/mol. The average Bonchev–Trinajstić information content (AvgIpc) is 2.54. The van der Waals surface area contributed by atoms with Crippen molar-refractivity contribution >= 4 is 5.97 Å². The standard InChI is InChI=1S/C17H14FNO3/c1-22-17(21)16(11-6-8-12(18)9-7-11)14(10-19)13-4-2-3-5-15(13)20/h2-9,14,16,20H,1H3/t14-,16+/m0/s1. The number of phenols is 1. The lowest BCUT2D eigenvalue weighted by Gasteiger charge is -2.21. The molecule has 0 radical (unpaired) electrons. The molecule has 0 saturated carbocycles. The summed E-state index contributed by atoms with van der Waals surface area (Å²) in [6, 6.07) is 13.6. The van der Waals surface area contributed by atoms with Gasteiger partial charge in [-0.1, -0.05) is 30.3 Å². The molecule has 1 N–H and O–H groups in total. The molecular formula is C17H14FNO3. The molecule has 0 fully saturated rings. The van der Waals surface area contributed by atoms with Crippen molar-refractivity contribution in [3.05, 3.63) is 65.5 Å². The van der Waals surface area contributed by atoms with Crippen molar-refractivity contribution in [1.29, 1.82) is 5.26 Å². The van der Waals surface area contributed by atoms with Gasteiger partial charge < -0.3 is 9.84 Å². The van der Waals surface area contributed by atoms with Gasteiger partial charge in [-0.3, -0.25) is 4.79 Å². The summed E-state index contributed by atoms with van der Waals surface area (Å²) in [5.74, 6) is -3.04. The monoisotopic (exact) mass is 299 g/mol. The van der Waals surface area contributed by atoms with Gasteiger partial charge in [0.25, 0.3) is 0 Å². The van der Waals surface area contributed by atoms with Crippen LogP contribution >= 0.6 is 0 Å². The first-order chi connectivity index (χ1) is 10.6. The number of hydrogen-bond donors (Lipinski definition) is 1. The van der Waals surface area contributed by atoms with E-state index in [0.717, 1.165) is 0 Å². The minimum absolute atomic E-state index is 0.0786. The topological polar surface area (TPSA) is 70.3 Å². The number of hydrogen-bond acceptors (Lipinski definition) is 4. The maximum Gasteiger partial charge on any atom is 0.314 e. The Morgan fingerprint density at radius 1 is 1.23 bits per heavy atom. The molecule has 5 heteroatoms. The van der Waals surface area contributed by atoms with Crippen LogP contribution in [0, 0.1) is 17.1 Å². The van der Waals surface area contributed by atoms with Crippen LogP contribution in [-0.2, 0) is 9.53 Å². The van der Waals surface area contributed by atoms with Gasteiger partial charge >= 0.3 is 5.97 Å². The Morgan fingerprint density at radius 2 is 1.86 bits per heavy atom. The van der Waals surface area contributed by atoms with E-state index in [4.69, 9.17) is 4.74 Å². The van der Waals surface area contributed by atoms with Crippen LogP contribution in [0.1, 0.15) is 23.0 Å². The van der Waals surface area contributed by atoms with E-state index in [0.29, 0.717) is 11.1 Å². The minimum Gasteiger partial charge on any atom is -0.508 e. The molecule has 2 aromatic rings. The number of esters is 1. The molecule has 0 heterocycles. The fraction of sp³-hybridized carbons (Fsp3) is 0.176. The molecule has 0 unspecified atom stereocenters. The highest BCUT2D eigenvalue weighted by molar-refractivity contribution is 5.80. The van der Waals surface area contributed by atoms with E-state index in [-0.39, 0.29) is 5.75 Å². The maximum atomic E-state index is 13.1. The molecule has 0 saturated heterocycles. The third-order valence-corrected chi connectivity index (χ3v) is 3.43. The largest absolute Gasteiger partial charge is 0.508 e. The van der Waals surface area contributed by atoms with E-state index in [9.17, 15) is 19.6 Å². The minimum atomic E-state index is -0.955. The van der Waals surface area contributed by atoms with Gasteiger partial charge in [-0.15, -0.1) is 0 Å². The summed E-state index contributed by atoms with van der Waals surface area (Å²) in [6.07, 6.45) is 0. The number of carbonyl (C=O) groups is 1. The zero-order valence-corrected chi connectivity index (χ0v) is 11.9. The SMILES string of the molecule is COC(=O)[C@H](c1ccc(F)cc1)[C@@H](C#N)c1ccccc1O. The van der Waals surface area contributed by atoms with Gasteiger partial charge in [-0.25, -0.2) is 4.39 Å². The van der Waals surface area contributed by atoms with Gasteiger partial charge in [0.15, 0.2) is 0 Å². The average molecular weight is 299 g/mol. The fourth-order valence-corrected chi connectivity index (χ4v) is 2.34. The van der Waals surface area contributed by atoms with Gasteiger partial charge in [-0.2, -0.15) is 5.26 Å². The predicted octanol–water partition coefficient (Wildman–Crippen LogP) is 3.10. The molecule has 0 aromatic heterocycles. The molecule has 22 heavy (non-hydrogen) atoms. The van der Waals surface area contributed by atoms with Crippen LogP contribution in [0.15, 0.2) is 48.5 Å². The molecule has 0 bridgehead atoms. The third kappa shape index (κ3) is 3.07. The van der Waals surface area contributed by atoms with Crippen LogP contribution in [0.3, 0.4) is 0 Å². The highest BCUT2D eigenvalue weighted by Crippen LogP contribution is 2.37. The highest BCUT2D eigenvalue weighted by atomic mass is 19.1. The Morgan fingerprint density at radius 3 is 2.41 bits per heavy atom. The third-order valence-electron chi connectivity index (χ3n) is 3.43. The number of nitrogens with zero attached hydrogens (tertiary/aromatic N) is 1. The lowest BCUT2D eigenvalue weighted by atomic mass is 9.82. The molecule has 0 spiro atoms. The highest BCUT2D eigenvalue weighted by Gasteiger charge is 2.33. The van der Waals surface area contributed by atoms with E-state index in [1.54, 1.807) is 18.2 Å². The number of benzene rings is 2. The maximum absolute atomic E-state index is 13.1. The second kappa shape index (κ2) is 6.72. The van der Waals surface area contributed by atoms with Crippen LogP contribution in [-0.4, -0.2) is 18.2 Å². The smallest absolute Gasteiger partial charge is 0.314 e. The molecule has 0 aliphatic carbocycles. The Balaban J connectivity index is 2.52. The number of halogens is 1. The first kappa shape index (κ1) is 15.5. The van der Waals surface area contributed by atoms with Crippen molar-refractivity contribution in [3.8, 4) is 11.8 Å². The van der Waals surface area contributed by atoms with Crippen molar-refractivity contribution < 1.29 is 19.0 Å². The number of ether oxygens (including phenoxy) is 1. The zero-order valence-electron chi connectivity index (χ0n) is 11.9. The molecular weight excluding hydrogens is 285 g/mol. The van der Waals surface area contributed by atoms with Crippen LogP contribution in [0.4, 0.5) is 4.39 Å². The van der Waals surface area contributed by atoms with Crippen LogP contribution in [0.2, 0.25) is 0 Å². The molecule has 0 aliphatic rings. The van der Waals surface area contributed by atoms with Crippen molar-refractivity contribution in [2.45, 2.75) is 11.8 Å². The van der Waals surface area contributed by atoms with Crippen molar-refractivity contribution in [1.82, 2.24) is 0 Å². The first-order valence-corrected chi connectivity index (χ1v) is 6.59. The van der Waals surface area contributed by atoms with E-state index in [1.165, 1.54) is 37.4 Å². The van der Waals surface area contributed by atoms with E-state index in [1.807, 2.05) is 6.07 Å². The van der Waals surface area contributed by atoms with E-state index < -0.39 is 23.6 Å². The number of carbonyl (C=O) groups excluding carboxylic acids is 1. The number of phenolic OH excluding ortho intramolecular Hbond substituents is 1. The van der Waals surface area contributed by atoms with E-state index >= 15 is 0 Å². The summed E-state index contributed by atoms with van der Waals surface area (Å²) in [7, 11) is 1.22. The summed E-state index contributed by atoms with van der Waals surface area (Å²) in [5.41, 5.74) is 0.771. The quantitative estimate of drug-likeness (QED) is 0.881. The molecule has 0 aliphatic heterocycles. The van der Waals surface area contributed by atoms with Gasteiger partial charge in [0, 0.05) is 5.56 Å². The summed E-state index contributed by atoms with van der Waals surface area (Å²) in [6.45, 7) is 0. The van der Waals surface area contributed by atoms with Crippen LogP contribution in [0.5, 0.6) is 5.75 Å². The Labute approximate surface area is 127 Å².